The van der Waals surface area contributed by atoms with Crippen LogP contribution in [0, 0.1) is 0 Å². The molecular weight excluding hydrogens is 300 g/mol. The fraction of sp³-hybridized carbons (Fsp3) is 0.350. The largest absolute Gasteiger partial charge is 0.484 e. The van der Waals surface area contributed by atoms with Gasteiger partial charge < -0.3 is 15.0 Å². The van der Waals surface area contributed by atoms with Crippen LogP contribution in [0.1, 0.15) is 23.6 Å². The van der Waals surface area contributed by atoms with E-state index in [2.05, 4.69) is 23.2 Å². The number of hydrogen-bond acceptors (Lipinski definition) is 3. The number of nitrogens with one attached hydrogen (secondary N) is 1. The average Bonchev–Trinajstić information content (AvgIpc) is 2.59. The van der Waals surface area contributed by atoms with Crippen LogP contribution in [0.5, 0.6) is 5.75 Å². The molecule has 0 spiro atoms. The van der Waals surface area contributed by atoms with Crippen molar-refractivity contribution in [2.45, 2.75) is 26.4 Å². The van der Waals surface area contributed by atoms with Crippen LogP contribution in [0.2, 0.25) is 0 Å². The summed E-state index contributed by atoms with van der Waals surface area (Å²) in [4.78, 5) is 14.1. The van der Waals surface area contributed by atoms with Crippen LogP contribution in [0.4, 0.5) is 0 Å². The minimum atomic E-state index is -0.116. The van der Waals surface area contributed by atoms with Crippen LogP contribution in [-0.4, -0.2) is 31.5 Å². The Morgan fingerprint density at radius 1 is 1.04 bits per heavy atom. The summed E-state index contributed by atoms with van der Waals surface area (Å²) in [6, 6.07) is 16.0. The Morgan fingerprint density at radius 2 is 1.71 bits per heavy atom. The molecule has 0 bridgehead atoms. The van der Waals surface area contributed by atoms with E-state index in [1.54, 1.807) is 0 Å². The summed E-state index contributed by atoms with van der Waals surface area (Å²) in [7, 11) is 4.07. The third-order valence-electron chi connectivity index (χ3n) is 3.78. The molecule has 128 valence electrons. The van der Waals surface area contributed by atoms with E-state index in [0.29, 0.717) is 6.54 Å². The van der Waals surface area contributed by atoms with Gasteiger partial charge in [0, 0.05) is 13.1 Å². The Balaban J connectivity index is 1.82. The smallest absolute Gasteiger partial charge is 0.258 e. The van der Waals surface area contributed by atoms with Crippen LogP contribution < -0.4 is 10.1 Å². The first-order valence-corrected chi connectivity index (χ1v) is 8.28. The van der Waals surface area contributed by atoms with E-state index in [1.165, 1.54) is 11.1 Å². The molecule has 0 aliphatic heterocycles. The molecule has 0 atom stereocenters. The molecule has 2 rings (SSSR count). The molecule has 0 aromatic heterocycles. The van der Waals surface area contributed by atoms with Gasteiger partial charge in [-0.15, -0.1) is 0 Å². The molecule has 0 saturated heterocycles. The van der Waals surface area contributed by atoms with Crippen LogP contribution in [0.3, 0.4) is 0 Å². The maximum absolute atomic E-state index is 12.0. The molecule has 0 heterocycles. The summed E-state index contributed by atoms with van der Waals surface area (Å²) in [6.07, 6.45) is 0.993. The molecule has 0 saturated carbocycles. The SMILES string of the molecule is CCc1ccc(OCC(=O)NCc2ccccc2CN(C)C)cc1. The standard InChI is InChI=1S/C20H26N2O2/c1-4-16-9-11-19(12-10-16)24-15-20(23)21-13-17-7-5-6-8-18(17)14-22(2)3/h5-12H,4,13-15H2,1-3H3,(H,21,23). The third kappa shape index (κ3) is 5.70. The number of rotatable bonds is 8. The van der Waals surface area contributed by atoms with Crippen molar-refractivity contribution in [2.75, 3.05) is 20.7 Å². The second kappa shape index (κ2) is 9.08. The summed E-state index contributed by atoms with van der Waals surface area (Å²) in [6.45, 7) is 3.51. The number of hydrogen-bond donors (Lipinski definition) is 1. The first-order chi connectivity index (χ1) is 11.6. The van der Waals surface area contributed by atoms with Crippen molar-refractivity contribution in [3.05, 3.63) is 65.2 Å². The van der Waals surface area contributed by atoms with E-state index in [9.17, 15) is 4.79 Å². The molecular formula is C20H26N2O2. The highest BCUT2D eigenvalue weighted by Crippen LogP contribution is 2.13. The second-order valence-corrected chi connectivity index (χ2v) is 6.07. The van der Waals surface area contributed by atoms with E-state index in [4.69, 9.17) is 4.74 Å². The normalized spacial score (nSPS) is 10.7. The minimum Gasteiger partial charge on any atom is -0.484 e. The fourth-order valence-corrected chi connectivity index (χ4v) is 2.44. The van der Waals surface area contributed by atoms with E-state index in [-0.39, 0.29) is 12.5 Å². The van der Waals surface area contributed by atoms with Gasteiger partial charge in [-0.3, -0.25) is 4.79 Å². The number of ether oxygens (including phenoxy) is 1. The molecule has 1 amide bonds. The van der Waals surface area contributed by atoms with Crippen molar-refractivity contribution >= 4 is 5.91 Å². The first kappa shape index (κ1) is 18.0. The Kier molecular flexibility index (Phi) is 6.82. The van der Waals surface area contributed by atoms with Gasteiger partial charge in [0.2, 0.25) is 0 Å². The lowest BCUT2D eigenvalue weighted by Gasteiger charge is -2.14. The predicted octanol–water partition coefficient (Wildman–Crippen LogP) is 3.01. The van der Waals surface area contributed by atoms with Crippen LogP contribution >= 0.6 is 0 Å². The maximum atomic E-state index is 12.0. The lowest BCUT2D eigenvalue weighted by molar-refractivity contribution is -0.123. The summed E-state index contributed by atoms with van der Waals surface area (Å²) >= 11 is 0. The highest BCUT2D eigenvalue weighted by atomic mass is 16.5. The monoisotopic (exact) mass is 326 g/mol. The van der Waals surface area contributed by atoms with E-state index < -0.39 is 0 Å². The van der Waals surface area contributed by atoms with Gasteiger partial charge in [0.15, 0.2) is 6.61 Å². The predicted molar refractivity (Wildman–Crippen MR) is 97.0 cm³/mol. The number of carbonyl (C=O) groups excluding carboxylic acids is 1. The van der Waals surface area contributed by atoms with Gasteiger partial charge in [-0.25, -0.2) is 0 Å². The van der Waals surface area contributed by atoms with Gasteiger partial charge >= 0.3 is 0 Å². The second-order valence-electron chi connectivity index (χ2n) is 6.07. The minimum absolute atomic E-state index is 0.0291. The van der Waals surface area contributed by atoms with Gasteiger partial charge in [0.05, 0.1) is 0 Å². The lowest BCUT2D eigenvalue weighted by atomic mass is 10.1. The van der Waals surface area contributed by atoms with Gasteiger partial charge in [0.1, 0.15) is 5.75 Å². The van der Waals surface area contributed by atoms with E-state index >= 15 is 0 Å². The molecule has 24 heavy (non-hydrogen) atoms. The molecule has 0 aliphatic carbocycles. The summed E-state index contributed by atoms with van der Waals surface area (Å²) < 4.78 is 5.53. The van der Waals surface area contributed by atoms with Gasteiger partial charge in [-0.1, -0.05) is 43.3 Å². The Bertz CT molecular complexity index is 651. The first-order valence-electron chi connectivity index (χ1n) is 8.28. The molecule has 1 N–H and O–H groups in total. The Morgan fingerprint density at radius 3 is 2.33 bits per heavy atom. The zero-order valence-corrected chi connectivity index (χ0v) is 14.7. The molecule has 4 nitrogen and oxygen atoms in total. The number of aryl methyl sites for hydroxylation is 1. The van der Waals surface area contributed by atoms with Crippen LogP contribution in [-0.2, 0) is 24.3 Å². The Hall–Kier alpha value is -2.33. The Labute approximate surface area is 144 Å². The summed E-state index contributed by atoms with van der Waals surface area (Å²) in [5.74, 6) is 0.601. The van der Waals surface area contributed by atoms with Crippen molar-refractivity contribution in [2.24, 2.45) is 0 Å². The quantitative estimate of drug-likeness (QED) is 0.811. The maximum Gasteiger partial charge on any atom is 0.258 e. The van der Waals surface area contributed by atoms with Crippen molar-refractivity contribution < 1.29 is 9.53 Å². The molecule has 0 radical (unpaired) electrons. The number of nitrogens with zero attached hydrogens (tertiary/aromatic N) is 1. The third-order valence-corrected chi connectivity index (χ3v) is 3.78. The zero-order chi connectivity index (χ0) is 17.4. The zero-order valence-electron chi connectivity index (χ0n) is 14.7. The molecule has 0 aliphatic rings. The van der Waals surface area contributed by atoms with Crippen LogP contribution in [0.25, 0.3) is 0 Å². The van der Waals surface area contributed by atoms with Gasteiger partial charge in [0.25, 0.3) is 5.91 Å². The van der Waals surface area contributed by atoms with Crippen molar-refractivity contribution in [3.8, 4) is 5.75 Å². The van der Waals surface area contributed by atoms with Crippen LogP contribution in [0.15, 0.2) is 48.5 Å². The van der Waals surface area contributed by atoms with E-state index in [0.717, 1.165) is 24.3 Å². The van der Waals surface area contributed by atoms with E-state index in [1.807, 2.05) is 56.6 Å². The highest BCUT2D eigenvalue weighted by molar-refractivity contribution is 5.77. The topological polar surface area (TPSA) is 41.6 Å². The van der Waals surface area contributed by atoms with Crippen molar-refractivity contribution in [1.29, 1.82) is 0 Å². The summed E-state index contributed by atoms with van der Waals surface area (Å²) in [5, 5.41) is 2.92. The van der Waals surface area contributed by atoms with Crippen molar-refractivity contribution in [1.82, 2.24) is 10.2 Å². The summed E-state index contributed by atoms with van der Waals surface area (Å²) in [5.41, 5.74) is 3.61. The highest BCUT2D eigenvalue weighted by Gasteiger charge is 2.06. The molecule has 0 fully saturated rings. The van der Waals surface area contributed by atoms with Crippen molar-refractivity contribution in [3.63, 3.8) is 0 Å². The lowest BCUT2D eigenvalue weighted by Crippen LogP contribution is -2.29. The van der Waals surface area contributed by atoms with Gasteiger partial charge in [-0.2, -0.15) is 0 Å². The number of benzene rings is 2. The molecule has 0 unspecified atom stereocenters. The molecule has 2 aromatic carbocycles. The average molecular weight is 326 g/mol. The number of carbonyl (C=O) groups is 1. The van der Waals surface area contributed by atoms with Gasteiger partial charge in [-0.05, 0) is 49.3 Å². The molecule has 2 aromatic rings. The fourth-order valence-electron chi connectivity index (χ4n) is 2.44. The number of amides is 1. The molecule has 4 heteroatoms.